The molecule has 0 bridgehead atoms. The highest BCUT2D eigenvalue weighted by atomic mass is 16.5. The Labute approximate surface area is 103 Å². The lowest BCUT2D eigenvalue weighted by Crippen LogP contribution is -2.09. The first kappa shape index (κ1) is 12.4. The first-order valence-corrected chi connectivity index (χ1v) is 6.66. The van der Waals surface area contributed by atoms with Crippen molar-refractivity contribution in [1.82, 2.24) is 4.98 Å². The molecule has 0 amide bonds. The van der Waals surface area contributed by atoms with Gasteiger partial charge in [-0.15, -0.1) is 0 Å². The van der Waals surface area contributed by atoms with E-state index < -0.39 is 0 Å². The predicted molar refractivity (Wildman–Crippen MR) is 69.1 cm³/mol. The maximum absolute atomic E-state index is 5.77. The summed E-state index contributed by atoms with van der Waals surface area (Å²) < 4.78 is 5.53. The molecule has 1 aromatic rings. The first-order valence-electron chi connectivity index (χ1n) is 6.66. The second-order valence-electron chi connectivity index (χ2n) is 4.69. The van der Waals surface area contributed by atoms with E-state index in [1.165, 1.54) is 37.8 Å². The minimum absolute atomic E-state index is 0.525. The number of ether oxygens (including phenoxy) is 1. The van der Waals surface area contributed by atoms with Gasteiger partial charge >= 0.3 is 0 Å². The first-order chi connectivity index (χ1) is 8.35. The van der Waals surface area contributed by atoms with Crippen LogP contribution >= 0.6 is 0 Å². The zero-order chi connectivity index (χ0) is 12.1. The topological polar surface area (TPSA) is 48.1 Å². The van der Waals surface area contributed by atoms with E-state index in [9.17, 15) is 0 Å². The second-order valence-corrected chi connectivity index (χ2v) is 4.69. The molecule has 1 heterocycles. The van der Waals surface area contributed by atoms with E-state index in [-0.39, 0.29) is 0 Å². The quantitative estimate of drug-likeness (QED) is 0.871. The van der Waals surface area contributed by atoms with Crippen LogP contribution in [0.25, 0.3) is 0 Å². The molecule has 1 aliphatic carbocycles. The normalized spacial score (nSPS) is 17.1. The summed E-state index contributed by atoms with van der Waals surface area (Å²) in [4.78, 5) is 4.55. The number of hydrogen-bond donors (Lipinski definition) is 1. The third-order valence-corrected chi connectivity index (χ3v) is 3.51. The van der Waals surface area contributed by atoms with E-state index in [2.05, 4.69) is 11.1 Å². The highest BCUT2D eigenvalue weighted by Gasteiger charge is 2.17. The Balaban J connectivity index is 2.17. The standard InChI is InChI=1S/C14H22N2O/c1-2-17-14-10-16-13(8-12(14)9-15)11-6-4-3-5-7-11/h8,10-11H,2-7,9,15H2,1H3. The average molecular weight is 234 g/mol. The van der Waals surface area contributed by atoms with Crippen LogP contribution in [0.1, 0.15) is 56.2 Å². The molecule has 1 aromatic heterocycles. The van der Waals surface area contributed by atoms with Crippen molar-refractivity contribution < 1.29 is 4.74 Å². The van der Waals surface area contributed by atoms with Crippen molar-refractivity contribution in [3.8, 4) is 5.75 Å². The summed E-state index contributed by atoms with van der Waals surface area (Å²) in [7, 11) is 0. The molecule has 2 rings (SSSR count). The van der Waals surface area contributed by atoms with Crippen molar-refractivity contribution in [2.24, 2.45) is 5.73 Å². The third-order valence-electron chi connectivity index (χ3n) is 3.51. The van der Waals surface area contributed by atoms with Crippen LogP contribution in [0.4, 0.5) is 0 Å². The van der Waals surface area contributed by atoms with Gasteiger partial charge in [-0.05, 0) is 25.8 Å². The Hall–Kier alpha value is -1.09. The van der Waals surface area contributed by atoms with Gasteiger partial charge in [0.05, 0.1) is 12.8 Å². The van der Waals surface area contributed by atoms with Crippen molar-refractivity contribution in [2.75, 3.05) is 6.61 Å². The molecule has 0 spiro atoms. The van der Waals surface area contributed by atoms with Crippen LogP contribution in [0.5, 0.6) is 5.75 Å². The van der Waals surface area contributed by atoms with Gasteiger partial charge in [0, 0.05) is 23.7 Å². The maximum Gasteiger partial charge on any atom is 0.142 e. The zero-order valence-corrected chi connectivity index (χ0v) is 10.6. The van der Waals surface area contributed by atoms with Gasteiger partial charge in [-0.1, -0.05) is 19.3 Å². The molecule has 17 heavy (non-hydrogen) atoms. The molecular weight excluding hydrogens is 212 g/mol. The van der Waals surface area contributed by atoms with Crippen LogP contribution in [0.15, 0.2) is 12.3 Å². The van der Waals surface area contributed by atoms with Crippen molar-refractivity contribution in [3.63, 3.8) is 0 Å². The van der Waals surface area contributed by atoms with Gasteiger partial charge in [0.15, 0.2) is 0 Å². The summed E-state index contributed by atoms with van der Waals surface area (Å²) in [5, 5.41) is 0. The van der Waals surface area contributed by atoms with Crippen molar-refractivity contribution in [1.29, 1.82) is 0 Å². The Morgan fingerprint density at radius 1 is 1.35 bits per heavy atom. The molecule has 2 N–H and O–H groups in total. The van der Waals surface area contributed by atoms with Crippen molar-refractivity contribution in [3.05, 3.63) is 23.5 Å². The number of rotatable bonds is 4. The fourth-order valence-corrected chi connectivity index (χ4v) is 2.57. The van der Waals surface area contributed by atoms with Crippen LogP contribution in [0.2, 0.25) is 0 Å². The van der Waals surface area contributed by atoms with Crippen LogP contribution in [-0.2, 0) is 6.54 Å². The fraction of sp³-hybridized carbons (Fsp3) is 0.643. The molecule has 0 aromatic carbocycles. The van der Waals surface area contributed by atoms with Crippen LogP contribution in [0, 0.1) is 0 Å². The van der Waals surface area contributed by atoms with Gasteiger partial charge in [-0.25, -0.2) is 0 Å². The van der Waals surface area contributed by atoms with Crippen molar-refractivity contribution >= 4 is 0 Å². The number of nitrogens with two attached hydrogens (primary N) is 1. The SMILES string of the molecule is CCOc1cnc(C2CCCCC2)cc1CN. The Bertz CT molecular complexity index is 359. The summed E-state index contributed by atoms with van der Waals surface area (Å²) in [6.07, 6.45) is 8.41. The zero-order valence-electron chi connectivity index (χ0n) is 10.6. The van der Waals surface area contributed by atoms with Gasteiger partial charge in [0.25, 0.3) is 0 Å². The van der Waals surface area contributed by atoms with Gasteiger partial charge in [-0.3, -0.25) is 4.98 Å². The number of nitrogens with zero attached hydrogens (tertiary/aromatic N) is 1. The molecule has 1 saturated carbocycles. The summed E-state index contributed by atoms with van der Waals surface area (Å²) in [6, 6.07) is 2.14. The van der Waals surface area contributed by atoms with E-state index >= 15 is 0 Å². The molecule has 0 unspecified atom stereocenters. The summed E-state index contributed by atoms with van der Waals surface area (Å²) in [5.74, 6) is 1.47. The summed E-state index contributed by atoms with van der Waals surface area (Å²) >= 11 is 0. The monoisotopic (exact) mass is 234 g/mol. The van der Waals surface area contributed by atoms with Gasteiger partial charge in [-0.2, -0.15) is 0 Å². The fourth-order valence-electron chi connectivity index (χ4n) is 2.57. The third kappa shape index (κ3) is 2.97. The summed E-state index contributed by atoms with van der Waals surface area (Å²) in [6.45, 7) is 3.17. The van der Waals surface area contributed by atoms with E-state index in [0.29, 0.717) is 19.1 Å². The number of aromatic nitrogens is 1. The lowest BCUT2D eigenvalue weighted by molar-refractivity contribution is 0.334. The molecular formula is C14H22N2O. The molecule has 1 aliphatic rings. The second kappa shape index (κ2) is 6.01. The van der Waals surface area contributed by atoms with Crippen LogP contribution < -0.4 is 10.5 Å². The molecule has 0 atom stereocenters. The van der Waals surface area contributed by atoms with Crippen molar-refractivity contribution in [2.45, 2.75) is 51.5 Å². The lowest BCUT2D eigenvalue weighted by atomic mass is 9.86. The van der Waals surface area contributed by atoms with E-state index in [4.69, 9.17) is 10.5 Å². The number of pyridine rings is 1. The highest BCUT2D eigenvalue weighted by molar-refractivity contribution is 5.33. The van der Waals surface area contributed by atoms with E-state index in [1.807, 2.05) is 13.1 Å². The smallest absolute Gasteiger partial charge is 0.142 e. The minimum atomic E-state index is 0.525. The van der Waals surface area contributed by atoms with Crippen LogP contribution in [0.3, 0.4) is 0 Å². The Morgan fingerprint density at radius 3 is 2.76 bits per heavy atom. The minimum Gasteiger partial charge on any atom is -0.492 e. The highest BCUT2D eigenvalue weighted by Crippen LogP contribution is 2.33. The van der Waals surface area contributed by atoms with Gasteiger partial charge < -0.3 is 10.5 Å². The molecule has 1 fully saturated rings. The lowest BCUT2D eigenvalue weighted by Gasteiger charge is -2.22. The van der Waals surface area contributed by atoms with E-state index in [1.54, 1.807) is 0 Å². The molecule has 0 radical (unpaired) electrons. The summed E-state index contributed by atoms with van der Waals surface area (Å²) in [5.41, 5.74) is 8.06. The largest absolute Gasteiger partial charge is 0.492 e. The molecule has 0 aliphatic heterocycles. The number of hydrogen-bond acceptors (Lipinski definition) is 3. The van der Waals surface area contributed by atoms with Gasteiger partial charge in [0.1, 0.15) is 5.75 Å². The average Bonchev–Trinajstić information content (AvgIpc) is 2.40. The Kier molecular flexibility index (Phi) is 4.37. The Morgan fingerprint density at radius 2 is 2.12 bits per heavy atom. The molecule has 3 nitrogen and oxygen atoms in total. The van der Waals surface area contributed by atoms with Crippen LogP contribution in [-0.4, -0.2) is 11.6 Å². The molecule has 0 saturated heterocycles. The molecule has 94 valence electrons. The van der Waals surface area contributed by atoms with E-state index in [0.717, 1.165) is 11.3 Å². The maximum atomic E-state index is 5.77. The van der Waals surface area contributed by atoms with Gasteiger partial charge in [0.2, 0.25) is 0 Å². The molecule has 3 heteroatoms. The predicted octanol–water partition coefficient (Wildman–Crippen LogP) is 2.99.